The lowest BCUT2D eigenvalue weighted by Gasteiger charge is -2.33. The Morgan fingerprint density at radius 2 is 2.00 bits per heavy atom. The van der Waals surface area contributed by atoms with Crippen molar-refractivity contribution >= 4 is 11.7 Å². The Balaban J connectivity index is 2.96. The molecule has 1 aromatic carbocycles. The van der Waals surface area contributed by atoms with Crippen molar-refractivity contribution in [2.45, 2.75) is 19.4 Å². The van der Waals surface area contributed by atoms with E-state index in [9.17, 15) is 4.79 Å². The van der Waals surface area contributed by atoms with Crippen molar-refractivity contribution in [3.05, 3.63) is 24.3 Å². The lowest BCUT2D eigenvalue weighted by molar-refractivity contribution is -0.147. The van der Waals surface area contributed by atoms with Gasteiger partial charge in [-0.3, -0.25) is 0 Å². The summed E-state index contributed by atoms with van der Waals surface area (Å²) >= 11 is 0. The van der Waals surface area contributed by atoms with Crippen LogP contribution in [0.2, 0.25) is 0 Å². The van der Waals surface area contributed by atoms with Gasteiger partial charge < -0.3 is 19.7 Å². The molecule has 0 radical (unpaired) electrons. The number of anilines is 1. The molecule has 0 aliphatic heterocycles. The second-order valence-corrected chi connectivity index (χ2v) is 4.88. The van der Waals surface area contributed by atoms with E-state index >= 15 is 0 Å². The number of nitrogens with zero attached hydrogens (tertiary/aromatic N) is 1. The largest absolute Gasteiger partial charge is 0.495 e. The minimum Gasteiger partial charge on any atom is -0.495 e. The molecule has 0 bridgehead atoms. The van der Waals surface area contributed by atoms with Gasteiger partial charge in [0.2, 0.25) is 0 Å². The zero-order chi connectivity index (χ0) is 15.2. The number of nitrogens with one attached hydrogen (secondary N) is 1. The highest BCUT2D eigenvalue weighted by atomic mass is 16.5. The van der Waals surface area contributed by atoms with Crippen molar-refractivity contribution < 1.29 is 14.3 Å². The van der Waals surface area contributed by atoms with E-state index in [0.717, 1.165) is 11.4 Å². The van der Waals surface area contributed by atoms with Gasteiger partial charge in [0.15, 0.2) is 0 Å². The van der Waals surface area contributed by atoms with Crippen molar-refractivity contribution in [3.63, 3.8) is 0 Å². The summed E-state index contributed by atoms with van der Waals surface area (Å²) in [4.78, 5) is 14.0. The van der Waals surface area contributed by atoms with Gasteiger partial charge in [-0.25, -0.2) is 4.79 Å². The van der Waals surface area contributed by atoms with Crippen LogP contribution in [0.25, 0.3) is 0 Å². The molecular weight excluding hydrogens is 256 g/mol. The van der Waals surface area contributed by atoms with Crippen LogP contribution in [0, 0.1) is 0 Å². The fourth-order valence-electron chi connectivity index (χ4n) is 2.31. The van der Waals surface area contributed by atoms with Crippen molar-refractivity contribution in [1.29, 1.82) is 0 Å². The highest BCUT2D eigenvalue weighted by Gasteiger charge is 2.35. The van der Waals surface area contributed by atoms with Gasteiger partial charge in [-0.1, -0.05) is 19.1 Å². The Kier molecular flexibility index (Phi) is 5.82. The first-order chi connectivity index (χ1) is 9.48. The van der Waals surface area contributed by atoms with Crippen LogP contribution in [0.3, 0.4) is 0 Å². The van der Waals surface area contributed by atoms with Crippen molar-refractivity contribution in [2.24, 2.45) is 0 Å². The third-order valence-corrected chi connectivity index (χ3v) is 3.25. The van der Waals surface area contributed by atoms with Gasteiger partial charge in [0.25, 0.3) is 0 Å². The minimum absolute atomic E-state index is 0.277. The molecule has 20 heavy (non-hydrogen) atoms. The number of rotatable bonds is 7. The standard InChI is InChI=1S/C15H24N2O3/c1-6-16-15(2,14(18)20-5)11-17(3)12-9-7-8-10-13(12)19-4/h7-10,16H,6,11H2,1-5H3. The lowest BCUT2D eigenvalue weighted by Crippen LogP contribution is -2.57. The molecule has 0 aliphatic rings. The average Bonchev–Trinajstić information content (AvgIpc) is 2.46. The van der Waals surface area contributed by atoms with E-state index in [1.165, 1.54) is 7.11 Å². The first kappa shape index (κ1) is 16.3. The Bertz CT molecular complexity index is 450. The van der Waals surface area contributed by atoms with Crippen LogP contribution < -0.4 is 15.0 Å². The van der Waals surface area contributed by atoms with E-state index in [2.05, 4.69) is 5.32 Å². The summed E-state index contributed by atoms with van der Waals surface area (Å²) in [5.41, 5.74) is 0.169. The molecule has 0 aliphatic carbocycles. The van der Waals surface area contributed by atoms with E-state index < -0.39 is 5.54 Å². The number of likely N-dealkylation sites (N-methyl/N-ethyl adjacent to an activating group) is 2. The number of hydrogen-bond acceptors (Lipinski definition) is 5. The SMILES string of the molecule is CCNC(C)(CN(C)c1ccccc1OC)C(=O)OC. The van der Waals surface area contributed by atoms with E-state index in [0.29, 0.717) is 13.1 Å². The number of carbonyl (C=O) groups excluding carboxylic acids is 1. The molecule has 112 valence electrons. The highest BCUT2D eigenvalue weighted by Crippen LogP contribution is 2.27. The van der Waals surface area contributed by atoms with E-state index in [1.807, 2.05) is 50.1 Å². The predicted molar refractivity (Wildman–Crippen MR) is 80.4 cm³/mol. The molecule has 0 amide bonds. The van der Waals surface area contributed by atoms with Crippen LogP contribution >= 0.6 is 0 Å². The normalized spacial score (nSPS) is 13.4. The van der Waals surface area contributed by atoms with Gasteiger partial charge in [0, 0.05) is 13.6 Å². The summed E-state index contributed by atoms with van der Waals surface area (Å²) in [6.45, 7) is 4.97. The predicted octanol–water partition coefficient (Wildman–Crippen LogP) is 1.67. The molecule has 5 heteroatoms. The highest BCUT2D eigenvalue weighted by molar-refractivity contribution is 5.81. The molecule has 1 atom stereocenters. The second kappa shape index (κ2) is 7.14. The lowest BCUT2D eigenvalue weighted by atomic mass is 10.0. The number of methoxy groups -OCH3 is 2. The average molecular weight is 280 g/mol. The van der Waals surface area contributed by atoms with Crippen LogP contribution in [-0.2, 0) is 9.53 Å². The zero-order valence-electron chi connectivity index (χ0n) is 12.9. The third-order valence-electron chi connectivity index (χ3n) is 3.25. The number of esters is 1. The fourth-order valence-corrected chi connectivity index (χ4v) is 2.31. The topological polar surface area (TPSA) is 50.8 Å². The molecule has 5 nitrogen and oxygen atoms in total. The fraction of sp³-hybridized carbons (Fsp3) is 0.533. The minimum atomic E-state index is -0.765. The van der Waals surface area contributed by atoms with E-state index in [1.54, 1.807) is 7.11 Å². The molecule has 1 unspecified atom stereocenters. The molecule has 0 spiro atoms. The third kappa shape index (κ3) is 3.63. The molecule has 0 saturated heterocycles. The summed E-state index contributed by atoms with van der Waals surface area (Å²) in [5, 5.41) is 3.19. The molecule has 1 rings (SSSR count). The first-order valence-electron chi connectivity index (χ1n) is 6.66. The van der Waals surface area contributed by atoms with Crippen molar-refractivity contribution in [2.75, 3.05) is 39.3 Å². The number of hydrogen-bond donors (Lipinski definition) is 1. The maximum atomic E-state index is 12.0. The van der Waals surface area contributed by atoms with Gasteiger partial charge >= 0.3 is 5.97 Å². The van der Waals surface area contributed by atoms with Gasteiger partial charge in [-0.15, -0.1) is 0 Å². The van der Waals surface area contributed by atoms with Crippen molar-refractivity contribution in [1.82, 2.24) is 5.32 Å². The van der Waals surface area contributed by atoms with Crippen LogP contribution in [-0.4, -0.2) is 45.9 Å². The number of para-hydroxylation sites is 2. The molecule has 0 heterocycles. The molecular formula is C15H24N2O3. The van der Waals surface area contributed by atoms with Crippen LogP contribution in [0.1, 0.15) is 13.8 Å². The monoisotopic (exact) mass is 280 g/mol. The van der Waals surface area contributed by atoms with Gasteiger partial charge in [0.05, 0.1) is 19.9 Å². The number of ether oxygens (including phenoxy) is 2. The summed E-state index contributed by atoms with van der Waals surface area (Å²) in [6, 6.07) is 7.72. The number of carbonyl (C=O) groups is 1. The smallest absolute Gasteiger partial charge is 0.327 e. The Morgan fingerprint density at radius 1 is 1.35 bits per heavy atom. The van der Waals surface area contributed by atoms with Crippen LogP contribution in [0.4, 0.5) is 5.69 Å². The Labute approximate surface area is 120 Å². The quantitative estimate of drug-likeness (QED) is 0.770. The van der Waals surface area contributed by atoms with E-state index in [-0.39, 0.29) is 5.97 Å². The van der Waals surface area contributed by atoms with E-state index in [4.69, 9.17) is 9.47 Å². The molecule has 0 fully saturated rings. The summed E-state index contributed by atoms with van der Waals surface area (Å²) in [7, 11) is 4.97. The van der Waals surface area contributed by atoms with Gasteiger partial charge in [0.1, 0.15) is 11.3 Å². The maximum Gasteiger partial charge on any atom is 0.327 e. The first-order valence-corrected chi connectivity index (χ1v) is 6.66. The van der Waals surface area contributed by atoms with Gasteiger partial charge in [-0.05, 0) is 25.6 Å². The van der Waals surface area contributed by atoms with Crippen LogP contribution in [0.5, 0.6) is 5.75 Å². The summed E-state index contributed by atoms with van der Waals surface area (Å²) in [5.74, 6) is 0.500. The number of benzene rings is 1. The Morgan fingerprint density at radius 3 is 2.55 bits per heavy atom. The Hall–Kier alpha value is -1.75. The molecule has 0 aromatic heterocycles. The maximum absolute atomic E-state index is 12.0. The van der Waals surface area contributed by atoms with Gasteiger partial charge in [-0.2, -0.15) is 0 Å². The van der Waals surface area contributed by atoms with Crippen LogP contribution in [0.15, 0.2) is 24.3 Å². The zero-order valence-corrected chi connectivity index (χ0v) is 12.9. The molecule has 1 N–H and O–H groups in total. The van der Waals surface area contributed by atoms with Crippen molar-refractivity contribution in [3.8, 4) is 5.75 Å². The summed E-state index contributed by atoms with van der Waals surface area (Å²) < 4.78 is 10.3. The second-order valence-electron chi connectivity index (χ2n) is 4.88. The summed E-state index contributed by atoms with van der Waals surface area (Å²) in [6.07, 6.45) is 0. The molecule has 0 saturated carbocycles. The molecule has 1 aromatic rings.